The molecular formula is C23H24Cl2F3NO3. The van der Waals surface area contributed by atoms with Gasteiger partial charge < -0.3 is 14.8 Å². The van der Waals surface area contributed by atoms with Crippen LogP contribution in [-0.2, 0) is 12.6 Å². The number of nitrogens with one attached hydrogen (secondary N) is 1. The van der Waals surface area contributed by atoms with Crippen molar-refractivity contribution in [2.75, 3.05) is 13.2 Å². The van der Waals surface area contributed by atoms with Crippen LogP contribution < -0.4 is 14.8 Å². The zero-order chi connectivity index (χ0) is 23.7. The molecule has 0 aliphatic heterocycles. The van der Waals surface area contributed by atoms with Gasteiger partial charge in [-0.25, -0.2) is 0 Å². The van der Waals surface area contributed by atoms with Crippen molar-refractivity contribution < 1.29 is 27.4 Å². The standard InChI is InChI=1S/C23H24Cl2F3NO3/c1-3-16-14-19(32-20(25)9-10-24)13-15(2)21(16)31-12-4-11-29-22(30)17-5-7-18(8-6-17)23(26,27)28/h5-10,13-14,20H,3-4,11-12H2,1-2H3,(H,29,30). The van der Waals surface area contributed by atoms with E-state index in [-0.39, 0.29) is 5.56 Å². The minimum absolute atomic E-state index is 0.167. The summed E-state index contributed by atoms with van der Waals surface area (Å²) in [5.41, 5.74) is 1.81. The Morgan fingerprint density at radius 3 is 2.50 bits per heavy atom. The number of rotatable bonds is 10. The summed E-state index contributed by atoms with van der Waals surface area (Å²) in [5, 5.41) is 2.68. The van der Waals surface area contributed by atoms with E-state index in [0.717, 1.165) is 47.6 Å². The molecule has 4 nitrogen and oxygen atoms in total. The van der Waals surface area contributed by atoms with E-state index in [9.17, 15) is 18.0 Å². The second kappa shape index (κ2) is 12.0. The highest BCUT2D eigenvalue weighted by molar-refractivity contribution is 6.27. The van der Waals surface area contributed by atoms with Crippen molar-refractivity contribution in [3.63, 3.8) is 0 Å². The minimum atomic E-state index is -4.43. The van der Waals surface area contributed by atoms with Crippen molar-refractivity contribution in [2.45, 2.75) is 38.4 Å². The van der Waals surface area contributed by atoms with Gasteiger partial charge in [-0.2, -0.15) is 13.2 Å². The maximum Gasteiger partial charge on any atom is 0.416 e. The molecule has 0 fully saturated rings. The molecule has 0 radical (unpaired) electrons. The van der Waals surface area contributed by atoms with Crippen LogP contribution in [-0.4, -0.2) is 24.6 Å². The van der Waals surface area contributed by atoms with Gasteiger partial charge in [0.15, 0.2) is 5.56 Å². The Labute approximate surface area is 195 Å². The van der Waals surface area contributed by atoms with Crippen molar-refractivity contribution >= 4 is 29.1 Å². The zero-order valence-electron chi connectivity index (χ0n) is 17.6. The van der Waals surface area contributed by atoms with E-state index in [0.29, 0.717) is 25.3 Å². The number of carbonyl (C=O) groups is 1. The number of hydrogen-bond donors (Lipinski definition) is 1. The molecular weight excluding hydrogens is 466 g/mol. The zero-order valence-corrected chi connectivity index (χ0v) is 19.2. The summed E-state index contributed by atoms with van der Waals surface area (Å²) in [4.78, 5) is 12.1. The molecule has 1 N–H and O–H groups in total. The fourth-order valence-corrected chi connectivity index (χ4v) is 3.32. The highest BCUT2D eigenvalue weighted by Gasteiger charge is 2.30. The lowest BCUT2D eigenvalue weighted by molar-refractivity contribution is -0.137. The average molecular weight is 490 g/mol. The van der Waals surface area contributed by atoms with Gasteiger partial charge in [0.2, 0.25) is 0 Å². The van der Waals surface area contributed by atoms with E-state index in [1.807, 2.05) is 26.0 Å². The third-order valence-corrected chi connectivity index (χ3v) is 4.89. The first-order chi connectivity index (χ1) is 15.2. The summed E-state index contributed by atoms with van der Waals surface area (Å²) in [5.74, 6) is 0.908. The average Bonchev–Trinajstić information content (AvgIpc) is 2.73. The fraction of sp³-hybridized carbons (Fsp3) is 0.348. The maximum absolute atomic E-state index is 12.6. The van der Waals surface area contributed by atoms with Crippen LogP contribution in [0.5, 0.6) is 11.5 Å². The molecule has 0 aromatic heterocycles. The van der Waals surface area contributed by atoms with Gasteiger partial charge in [-0.15, -0.1) is 0 Å². The second-order valence-corrected chi connectivity index (χ2v) is 7.58. The molecule has 2 aromatic rings. The van der Waals surface area contributed by atoms with E-state index in [2.05, 4.69) is 5.32 Å². The summed E-state index contributed by atoms with van der Waals surface area (Å²) < 4.78 is 49.3. The smallest absolute Gasteiger partial charge is 0.416 e. The second-order valence-electron chi connectivity index (χ2n) is 6.90. The summed E-state index contributed by atoms with van der Waals surface area (Å²) >= 11 is 11.5. The molecule has 0 aliphatic rings. The van der Waals surface area contributed by atoms with Crippen LogP contribution in [0.15, 0.2) is 48.0 Å². The molecule has 0 heterocycles. The molecule has 0 aliphatic carbocycles. The van der Waals surface area contributed by atoms with Gasteiger partial charge in [-0.05, 0) is 73.4 Å². The lowest BCUT2D eigenvalue weighted by Gasteiger charge is -2.17. The molecule has 2 aromatic carbocycles. The molecule has 1 unspecified atom stereocenters. The number of alkyl halides is 4. The number of ether oxygens (including phenoxy) is 2. The molecule has 174 valence electrons. The highest BCUT2D eigenvalue weighted by atomic mass is 35.5. The Hall–Kier alpha value is -2.38. The Morgan fingerprint density at radius 1 is 1.22 bits per heavy atom. The van der Waals surface area contributed by atoms with Crippen LogP contribution in [0.25, 0.3) is 0 Å². The first kappa shape index (κ1) is 25.9. The van der Waals surface area contributed by atoms with E-state index in [1.54, 1.807) is 0 Å². The maximum atomic E-state index is 12.6. The van der Waals surface area contributed by atoms with Crippen LogP contribution in [0.4, 0.5) is 13.2 Å². The van der Waals surface area contributed by atoms with Crippen molar-refractivity contribution in [1.29, 1.82) is 0 Å². The number of carbonyl (C=O) groups excluding carboxylic acids is 1. The molecule has 0 spiro atoms. The number of benzene rings is 2. The molecule has 0 bridgehead atoms. The Morgan fingerprint density at radius 2 is 1.91 bits per heavy atom. The molecule has 1 atom stereocenters. The predicted molar refractivity (Wildman–Crippen MR) is 120 cm³/mol. The molecule has 9 heteroatoms. The van der Waals surface area contributed by atoms with Crippen molar-refractivity contribution in [3.8, 4) is 11.5 Å². The fourth-order valence-electron chi connectivity index (χ4n) is 2.94. The van der Waals surface area contributed by atoms with Crippen LogP contribution >= 0.6 is 23.2 Å². The van der Waals surface area contributed by atoms with E-state index >= 15 is 0 Å². The topological polar surface area (TPSA) is 47.6 Å². The van der Waals surface area contributed by atoms with Gasteiger partial charge in [-0.3, -0.25) is 4.79 Å². The summed E-state index contributed by atoms with van der Waals surface area (Å²) in [6.07, 6.45) is -1.68. The highest BCUT2D eigenvalue weighted by Crippen LogP contribution is 2.31. The lowest BCUT2D eigenvalue weighted by atomic mass is 10.1. The summed E-state index contributed by atoms with van der Waals surface area (Å²) in [7, 11) is 0. The van der Waals surface area contributed by atoms with Crippen LogP contribution in [0, 0.1) is 6.92 Å². The van der Waals surface area contributed by atoms with Gasteiger partial charge >= 0.3 is 6.18 Å². The first-order valence-electron chi connectivity index (χ1n) is 9.95. The van der Waals surface area contributed by atoms with Gasteiger partial charge in [0, 0.05) is 17.6 Å². The quantitative estimate of drug-likeness (QED) is 0.307. The molecule has 0 saturated heterocycles. The van der Waals surface area contributed by atoms with Crippen LogP contribution in [0.2, 0.25) is 0 Å². The Kier molecular flexibility index (Phi) is 9.72. The van der Waals surface area contributed by atoms with Gasteiger partial charge in [0.1, 0.15) is 11.5 Å². The number of hydrogen-bond acceptors (Lipinski definition) is 3. The summed E-state index contributed by atoms with van der Waals surface area (Å²) in [6, 6.07) is 7.76. The number of aryl methyl sites for hydroxylation is 2. The van der Waals surface area contributed by atoms with Gasteiger partial charge in [0.25, 0.3) is 5.91 Å². The van der Waals surface area contributed by atoms with Crippen LogP contribution in [0.3, 0.4) is 0 Å². The van der Waals surface area contributed by atoms with Crippen molar-refractivity contribution in [2.24, 2.45) is 0 Å². The van der Waals surface area contributed by atoms with Gasteiger partial charge in [0.05, 0.1) is 12.2 Å². The minimum Gasteiger partial charge on any atom is -0.493 e. The number of amides is 1. The predicted octanol–water partition coefficient (Wildman–Crippen LogP) is 6.47. The monoisotopic (exact) mass is 489 g/mol. The Bertz CT molecular complexity index is 931. The largest absolute Gasteiger partial charge is 0.493 e. The molecule has 32 heavy (non-hydrogen) atoms. The summed E-state index contributed by atoms with van der Waals surface area (Å²) in [6.45, 7) is 4.57. The van der Waals surface area contributed by atoms with Crippen molar-refractivity contribution in [1.82, 2.24) is 5.32 Å². The third-order valence-electron chi connectivity index (χ3n) is 4.51. The van der Waals surface area contributed by atoms with E-state index in [4.69, 9.17) is 32.7 Å². The van der Waals surface area contributed by atoms with Crippen LogP contribution in [0.1, 0.15) is 40.4 Å². The van der Waals surface area contributed by atoms with Crippen molar-refractivity contribution in [3.05, 3.63) is 70.3 Å². The first-order valence-corrected chi connectivity index (χ1v) is 10.8. The molecule has 2 rings (SSSR count). The molecule has 1 amide bonds. The van der Waals surface area contributed by atoms with E-state index < -0.39 is 23.2 Å². The number of halogens is 5. The lowest BCUT2D eigenvalue weighted by Crippen LogP contribution is -2.25. The SMILES string of the molecule is CCc1cc(OC(Cl)C=CCl)cc(C)c1OCCCNC(=O)c1ccc(C(F)(F)F)cc1. The Balaban J connectivity index is 1.86. The molecule has 0 saturated carbocycles. The normalized spacial score (nSPS) is 12.6. The van der Waals surface area contributed by atoms with Gasteiger partial charge in [-0.1, -0.05) is 30.1 Å². The van der Waals surface area contributed by atoms with E-state index in [1.165, 1.54) is 11.6 Å². The third kappa shape index (κ3) is 7.64.